The van der Waals surface area contributed by atoms with Crippen molar-refractivity contribution < 1.29 is 9.59 Å². The fourth-order valence-corrected chi connectivity index (χ4v) is 2.62. The molecule has 5 nitrogen and oxygen atoms in total. The molecule has 0 bridgehead atoms. The van der Waals surface area contributed by atoms with E-state index in [1.165, 1.54) is 4.90 Å². The third-order valence-electron chi connectivity index (χ3n) is 3.67. The standard InChI is InChI=1S/C12H21N3O2/c1-2-14(10-5-6-13-8-10)9-12(17)15-7-3-4-11(15)16/h10,13H,2-9H2,1H3. The summed E-state index contributed by atoms with van der Waals surface area (Å²) >= 11 is 0. The predicted octanol–water partition coefficient (Wildman–Crippen LogP) is -0.181. The van der Waals surface area contributed by atoms with Gasteiger partial charge in [0.1, 0.15) is 0 Å². The van der Waals surface area contributed by atoms with Crippen LogP contribution in [-0.4, -0.2) is 60.4 Å². The first-order chi connectivity index (χ1) is 8.22. The lowest BCUT2D eigenvalue weighted by Gasteiger charge is -2.27. The van der Waals surface area contributed by atoms with E-state index in [-0.39, 0.29) is 11.8 Å². The van der Waals surface area contributed by atoms with Crippen molar-refractivity contribution in [2.24, 2.45) is 0 Å². The van der Waals surface area contributed by atoms with E-state index in [4.69, 9.17) is 0 Å². The van der Waals surface area contributed by atoms with Crippen LogP contribution in [0.15, 0.2) is 0 Å². The maximum atomic E-state index is 12.0. The number of nitrogens with zero attached hydrogens (tertiary/aromatic N) is 2. The van der Waals surface area contributed by atoms with Crippen LogP contribution in [0.4, 0.5) is 0 Å². The van der Waals surface area contributed by atoms with Gasteiger partial charge in [-0.15, -0.1) is 0 Å². The number of carbonyl (C=O) groups is 2. The van der Waals surface area contributed by atoms with E-state index >= 15 is 0 Å². The molecular formula is C12H21N3O2. The maximum Gasteiger partial charge on any atom is 0.243 e. The average Bonchev–Trinajstić information content (AvgIpc) is 2.96. The van der Waals surface area contributed by atoms with Gasteiger partial charge in [-0.2, -0.15) is 0 Å². The van der Waals surface area contributed by atoms with E-state index in [9.17, 15) is 9.59 Å². The molecule has 0 saturated carbocycles. The molecule has 2 rings (SSSR count). The maximum absolute atomic E-state index is 12.0. The van der Waals surface area contributed by atoms with Crippen LogP contribution in [0, 0.1) is 0 Å². The van der Waals surface area contributed by atoms with Crippen molar-refractivity contribution in [3.8, 4) is 0 Å². The highest BCUT2D eigenvalue weighted by Gasteiger charge is 2.29. The number of imide groups is 1. The smallest absolute Gasteiger partial charge is 0.243 e. The molecule has 96 valence electrons. The molecule has 1 unspecified atom stereocenters. The molecule has 2 fully saturated rings. The fraction of sp³-hybridized carbons (Fsp3) is 0.833. The zero-order valence-electron chi connectivity index (χ0n) is 10.4. The molecule has 2 aliphatic rings. The SMILES string of the molecule is CCN(CC(=O)N1CCCC1=O)C1CCNC1. The minimum atomic E-state index is -0.0266. The second-order valence-corrected chi connectivity index (χ2v) is 4.75. The second kappa shape index (κ2) is 5.60. The normalized spacial score (nSPS) is 24.9. The van der Waals surface area contributed by atoms with Gasteiger partial charge in [0.15, 0.2) is 0 Å². The van der Waals surface area contributed by atoms with Crippen LogP contribution in [0.2, 0.25) is 0 Å². The Labute approximate surface area is 102 Å². The summed E-state index contributed by atoms with van der Waals surface area (Å²) in [7, 11) is 0. The highest BCUT2D eigenvalue weighted by Crippen LogP contribution is 2.13. The molecule has 0 spiro atoms. The van der Waals surface area contributed by atoms with Gasteiger partial charge < -0.3 is 5.32 Å². The number of carbonyl (C=O) groups excluding carboxylic acids is 2. The van der Waals surface area contributed by atoms with Gasteiger partial charge in [-0.3, -0.25) is 19.4 Å². The number of hydrogen-bond acceptors (Lipinski definition) is 4. The number of hydrogen-bond donors (Lipinski definition) is 1. The molecular weight excluding hydrogens is 218 g/mol. The molecule has 1 N–H and O–H groups in total. The Morgan fingerprint density at radius 2 is 2.41 bits per heavy atom. The molecule has 0 aromatic heterocycles. The van der Waals surface area contributed by atoms with Crippen LogP contribution in [0.1, 0.15) is 26.2 Å². The van der Waals surface area contributed by atoms with Gasteiger partial charge in [-0.25, -0.2) is 0 Å². The summed E-state index contributed by atoms with van der Waals surface area (Å²) in [6.45, 7) is 5.90. The largest absolute Gasteiger partial charge is 0.315 e. The molecule has 17 heavy (non-hydrogen) atoms. The van der Waals surface area contributed by atoms with Gasteiger partial charge in [0.25, 0.3) is 0 Å². The summed E-state index contributed by atoms with van der Waals surface area (Å²) in [6.07, 6.45) is 2.44. The highest BCUT2D eigenvalue weighted by molar-refractivity contribution is 5.97. The minimum Gasteiger partial charge on any atom is -0.315 e. The van der Waals surface area contributed by atoms with Crippen molar-refractivity contribution in [3.05, 3.63) is 0 Å². The molecule has 2 amide bonds. The van der Waals surface area contributed by atoms with Crippen molar-refractivity contribution >= 4 is 11.8 Å². The average molecular weight is 239 g/mol. The Kier molecular flexibility index (Phi) is 4.12. The lowest BCUT2D eigenvalue weighted by atomic mass is 10.2. The van der Waals surface area contributed by atoms with E-state index in [0.29, 0.717) is 25.6 Å². The quantitative estimate of drug-likeness (QED) is 0.739. The van der Waals surface area contributed by atoms with Crippen molar-refractivity contribution in [1.29, 1.82) is 0 Å². The highest BCUT2D eigenvalue weighted by atomic mass is 16.2. The number of likely N-dealkylation sites (tertiary alicyclic amines) is 1. The third-order valence-corrected chi connectivity index (χ3v) is 3.67. The summed E-state index contributed by atoms with van der Waals surface area (Å²) in [5.74, 6) is -0.0307. The van der Waals surface area contributed by atoms with Crippen molar-refractivity contribution in [3.63, 3.8) is 0 Å². The summed E-state index contributed by atoms with van der Waals surface area (Å²) in [4.78, 5) is 27.1. The molecule has 0 radical (unpaired) electrons. The van der Waals surface area contributed by atoms with Gasteiger partial charge in [0.2, 0.25) is 11.8 Å². The Morgan fingerprint density at radius 3 is 2.94 bits per heavy atom. The Balaban J connectivity index is 1.89. The van der Waals surface area contributed by atoms with Gasteiger partial charge >= 0.3 is 0 Å². The third kappa shape index (κ3) is 2.84. The Morgan fingerprint density at radius 1 is 1.59 bits per heavy atom. The number of amides is 2. The minimum absolute atomic E-state index is 0.00407. The first-order valence-corrected chi connectivity index (χ1v) is 6.50. The van der Waals surface area contributed by atoms with Crippen LogP contribution in [0.3, 0.4) is 0 Å². The van der Waals surface area contributed by atoms with E-state index in [0.717, 1.165) is 32.5 Å². The first kappa shape index (κ1) is 12.5. The van der Waals surface area contributed by atoms with Crippen molar-refractivity contribution in [1.82, 2.24) is 15.1 Å². The van der Waals surface area contributed by atoms with Crippen LogP contribution in [0.25, 0.3) is 0 Å². The summed E-state index contributed by atoms with van der Waals surface area (Å²) < 4.78 is 0. The molecule has 0 aliphatic carbocycles. The van der Waals surface area contributed by atoms with Gasteiger partial charge in [0, 0.05) is 25.6 Å². The molecule has 1 atom stereocenters. The zero-order chi connectivity index (χ0) is 12.3. The van der Waals surface area contributed by atoms with Crippen LogP contribution in [-0.2, 0) is 9.59 Å². The van der Waals surface area contributed by atoms with Crippen LogP contribution in [0.5, 0.6) is 0 Å². The topological polar surface area (TPSA) is 52.7 Å². The predicted molar refractivity (Wildman–Crippen MR) is 64.5 cm³/mol. The molecule has 2 aliphatic heterocycles. The van der Waals surface area contributed by atoms with Crippen molar-refractivity contribution in [2.75, 3.05) is 32.7 Å². The van der Waals surface area contributed by atoms with E-state index in [1.807, 2.05) is 0 Å². The van der Waals surface area contributed by atoms with E-state index in [1.54, 1.807) is 0 Å². The molecule has 5 heteroatoms. The second-order valence-electron chi connectivity index (χ2n) is 4.75. The first-order valence-electron chi connectivity index (χ1n) is 6.50. The number of nitrogens with one attached hydrogen (secondary N) is 1. The lowest BCUT2D eigenvalue weighted by molar-refractivity contribution is -0.142. The van der Waals surface area contributed by atoms with Gasteiger partial charge in [0.05, 0.1) is 6.54 Å². The van der Waals surface area contributed by atoms with Crippen LogP contribution < -0.4 is 5.32 Å². The van der Waals surface area contributed by atoms with E-state index in [2.05, 4.69) is 17.1 Å². The molecule has 2 saturated heterocycles. The number of likely N-dealkylation sites (N-methyl/N-ethyl adjacent to an activating group) is 1. The lowest BCUT2D eigenvalue weighted by Crippen LogP contribution is -2.45. The fourth-order valence-electron chi connectivity index (χ4n) is 2.62. The van der Waals surface area contributed by atoms with Crippen molar-refractivity contribution in [2.45, 2.75) is 32.2 Å². The number of rotatable bonds is 4. The summed E-state index contributed by atoms with van der Waals surface area (Å²) in [5, 5.41) is 3.31. The van der Waals surface area contributed by atoms with Gasteiger partial charge in [-0.1, -0.05) is 6.92 Å². The molecule has 0 aromatic rings. The zero-order valence-corrected chi connectivity index (χ0v) is 10.4. The molecule has 0 aromatic carbocycles. The Bertz CT molecular complexity index is 300. The van der Waals surface area contributed by atoms with E-state index < -0.39 is 0 Å². The summed E-state index contributed by atoms with van der Waals surface area (Å²) in [5.41, 5.74) is 0. The Hall–Kier alpha value is -0.940. The summed E-state index contributed by atoms with van der Waals surface area (Å²) in [6, 6.07) is 0.446. The molecule has 2 heterocycles. The van der Waals surface area contributed by atoms with Gasteiger partial charge in [-0.05, 0) is 25.9 Å². The monoisotopic (exact) mass is 239 g/mol. The van der Waals surface area contributed by atoms with Crippen LogP contribution >= 0.6 is 0 Å².